The molecule has 0 aliphatic heterocycles. The summed E-state index contributed by atoms with van der Waals surface area (Å²) in [7, 11) is -20.4. The molecule has 0 unspecified atom stereocenters. The van der Waals surface area contributed by atoms with Crippen molar-refractivity contribution in [3.05, 3.63) is 90.0 Å². The first kappa shape index (κ1) is 38.4. The molecule has 1 heterocycles. The number of aromatic nitrogens is 3. The van der Waals surface area contributed by atoms with Gasteiger partial charge in [0.15, 0.2) is 0 Å². The Morgan fingerprint density at radius 2 is 1.22 bits per heavy atom. The highest BCUT2D eigenvalue weighted by Crippen LogP contribution is 2.40. The molecule has 6 N–H and O–H groups in total. The topological polar surface area (TPSA) is 305 Å². The SMILES string of the molecule is O=S(=O)(O)c1cc(Nc2nc(F)nc(Nc3ccc(Cl)cc3)n2)c2cc(N=Nc3ccc4c(S(=O)(=O)O)cccc4c3S(=O)(=O)O)c(S(=O)(=O)O)cc2c1. The molecule has 5 aromatic carbocycles. The zero-order chi connectivity index (χ0) is 39.4. The van der Waals surface area contributed by atoms with Crippen LogP contribution in [0.15, 0.2) is 109 Å². The van der Waals surface area contributed by atoms with E-state index in [0.717, 1.165) is 54.6 Å². The number of azo groups is 1. The van der Waals surface area contributed by atoms with E-state index in [1.54, 1.807) is 0 Å². The van der Waals surface area contributed by atoms with Crippen LogP contribution >= 0.6 is 11.6 Å². The first-order chi connectivity index (χ1) is 25.1. The van der Waals surface area contributed by atoms with Gasteiger partial charge in [-0.25, -0.2) is 0 Å². The first-order valence-corrected chi connectivity index (χ1v) is 20.4. The Bertz CT molecular complexity index is 3030. The monoisotopic (exact) mass is 839 g/mol. The Morgan fingerprint density at radius 3 is 1.83 bits per heavy atom. The van der Waals surface area contributed by atoms with Crippen molar-refractivity contribution in [2.24, 2.45) is 10.2 Å². The minimum absolute atomic E-state index is 0.136. The Labute approximate surface area is 308 Å². The molecule has 0 bridgehead atoms. The van der Waals surface area contributed by atoms with Crippen LogP contribution < -0.4 is 10.6 Å². The third-order valence-electron chi connectivity index (χ3n) is 7.29. The van der Waals surface area contributed by atoms with Gasteiger partial charge in [0.1, 0.15) is 26.1 Å². The van der Waals surface area contributed by atoms with Crippen LogP contribution in [0.1, 0.15) is 0 Å². The number of nitrogens with zero attached hydrogens (tertiary/aromatic N) is 5. The largest absolute Gasteiger partial charge is 0.324 e. The molecule has 0 saturated heterocycles. The average Bonchev–Trinajstić information content (AvgIpc) is 3.05. The summed E-state index contributed by atoms with van der Waals surface area (Å²) in [5.41, 5.74) is -1.32. The van der Waals surface area contributed by atoms with E-state index >= 15 is 0 Å². The molecule has 6 aromatic rings. The van der Waals surface area contributed by atoms with Gasteiger partial charge >= 0.3 is 6.08 Å². The number of rotatable bonds is 10. The summed E-state index contributed by atoms with van der Waals surface area (Å²) in [5, 5.41) is 12.0. The number of halogens is 2. The predicted molar refractivity (Wildman–Crippen MR) is 189 cm³/mol. The maximum atomic E-state index is 14.6. The molecule has 0 radical (unpaired) electrons. The van der Waals surface area contributed by atoms with Crippen molar-refractivity contribution in [3.63, 3.8) is 0 Å². The highest BCUT2D eigenvalue weighted by Gasteiger charge is 2.25. The van der Waals surface area contributed by atoms with Gasteiger partial charge in [-0.3, -0.25) is 18.2 Å². The molecule has 0 spiro atoms. The number of hydrogen-bond acceptors (Lipinski definition) is 15. The molecular weight excluding hydrogens is 821 g/mol. The third kappa shape index (κ3) is 8.25. The molecule has 0 aliphatic carbocycles. The molecule has 0 aliphatic rings. The second-order valence-electron chi connectivity index (χ2n) is 10.9. The summed E-state index contributed by atoms with van der Waals surface area (Å²) < 4.78 is 152. The van der Waals surface area contributed by atoms with Crippen LogP contribution in [0, 0.1) is 6.08 Å². The fourth-order valence-electron chi connectivity index (χ4n) is 5.11. The number of fused-ring (bicyclic) bond motifs is 2. The van der Waals surface area contributed by atoms with Crippen LogP contribution in [0.4, 0.5) is 39.0 Å². The van der Waals surface area contributed by atoms with Crippen LogP contribution in [-0.2, 0) is 40.5 Å². The van der Waals surface area contributed by atoms with Gasteiger partial charge in [0.2, 0.25) is 11.9 Å². The molecule has 0 fully saturated rings. The van der Waals surface area contributed by atoms with Gasteiger partial charge in [0, 0.05) is 26.9 Å². The fraction of sp³-hybridized carbons (Fsp3) is 0. The van der Waals surface area contributed by atoms with E-state index in [0.29, 0.717) is 10.7 Å². The van der Waals surface area contributed by atoms with Crippen molar-refractivity contribution >= 4 is 108 Å². The molecule has 0 atom stereocenters. The second-order valence-corrected chi connectivity index (χ2v) is 16.9. The van der Waals surface area contributed by atoms with Crippen molar-refractivity contribution < 1.29 is 56.3 Å². The third-order valence-corrected chi connectivity index (χ3v) is 11.1. The van der Waals surface area contributed by atoms with E-state index in [9.17, 15) is 56.3 Å². The van der Waals surface area contributed by atoms with Crippen molar-refractivity contribution in [2.45, 2.75) is 19.6 Å². The molecule has 280 valence electrons. The van der Waals surface area contributed by atoms with Crippen molar-refractivity contribution in [3.8, 4) is 0 Å². The van der Waals surface area contributed by atoms with Gasteiger partial charge in [0.05, 0.1) is 10.6 Å². The molecule has 6 rings (SSSR count). The standard InChI is InChI=1S/C29H19ClFN7O12S4/c30-15-4-6-16(7-5-15)32-28-34-27(31)35-29(36-28)33-22-12-17(51(39,40)41)10-14-11-25(53(45,46)47)23(13-20(14)22)38-37-21-9-8-18-19(26(21)54(48,49)50)2-1-3-24(18)52(42,43)44/h1-13H,(H,39,40,41)(H,42,43,44)(H,45,46,47)(H,48,49,50)(H2,32,33,34,35,36). The maximum absolute atomic E-state index is 14.6. The van der Waals surface area contributed by atoms with Crippen molar-refractivity contribution in [1.82, 2.24) is 15.0 Å². The lowest BCUT2D eigenvalue weighted by atomic mass is 10.1. The zero-order valence-electron chi connectivity index (χ0n) is 26.2. The molecule has 1 aromatic heterocycles. The summed E-state index contributed by atoms with van der Waals surface area (Å²) in [6, 6.07) is 14.4. The lowest BCUT2D eigenvalue weighted by Crippen LogP contribution is -2.07. The predicted octanol–water partition coefficient (Wildman–Crippen LogP) is 5.86. The van der Waals surface area contributed by atoms with E-state index < -0.39 is 88.8 Å². The molecule has 19 nitrogen and oxygen atoms in total. The van der Waals surface area contributed by atoms with Crippen molar-refractivity contribution in [2.75, 3.05) is 10.6 Å². The fourth-order valence-corrected chi connectivity index (χ4v) is 7.95. The highest BCUT2D eigenvalue weighted by atomic mass is 35.5. The molecule has 0 amide bonds. The van der Waals surface area contributed by atoms with Gasteiger partial charge in [-0.1, -0.05) is 29.8 Å². The lowest BCUT2D eigenvalue weighted by molar-refractivity contribution is 0.481. The minimum Gasteiger partial charge on any atom is -0.324 e. The van der Waals surface area contributed by atoms with E-state index in [-0.39, 0.29) is 27.8 Å². The van der Waals surface area contributed by atoms with Crippen LogP contribution in [0.25, 0.3) is 21.5 Å². The van der Waals surface area contributed by atoms with E-state index in [2.05, 4.69) is 35.8 Å². The molecule has 25 heteroatoms. The maximum Gasteiger partial charge on any atom is 0.315 e. The Balaban J connectivity index is 1.54. The highest BCUT2D eigenvalue weighted by molar-refractivity contribution is 7.87. The first-order valence-electron chi connectivity index (χ1n) is 14.3. The average molecular weight is 840 g/mol. The van der Waals surface area contributed by atoms with Crippen LogP contribution in [0.3, 0.4) is 0 Å². The van der Waals surface area contributed by atoms with Gasteiger partial charge in [-0.2, -0.15) is 53.0 Å². The quantitative estimate of drug-likeness (QED) is 0.0695. The number of anilines is 4. The summed E-state index contributed by atoms with van der Waals surface area (Å²) in [4.78, 5) is 7.58. The van der Waals surface area contributed by atoms with Gasteiger partial charge in [-0.05, 0) is 66.0 Å². The Hall–Kier alpha value is -5.31. The number of benzene rings is 5. The van der Waals surface area contributed by atoms with Gasteiger partial charge in [-0.15, -0.1) is 10.2 Å². The lowest BCUT2D eigenvalue weighted by Gasteiger charge is -2.14. The van der Waals surface area contributed by atoms with E-state index in [4.69, 9.17) is 11.6 Å². The normalized spacial score (nSPS) is 12.8. The molecule has 0 saturated carbocycles. The summed E-state index contributed by atoms with van der Waals surface area (Å²) in [6.07, 6.45) is -1.31. The van der Waals surface area contributed by atoms with Crippen LogP contribution in [0.2, 0.25) is 5.02 Å². The Kier molecular flexibility index (Phi) is 9.84. The number of nitrogens with one attached hydrogen (secondary N) is 2. The molecular formula is C29H19ClFN7O12S4. The van der Waals surface area contributed by atoms with E-state index in [1.807, 2.05) is 0 Å². The van der Waals surface area contributed by atoms with Crippen LogP contribution in [-0.4, -0.2) is 66.8 Å². The summed E-state index contributed by atoms with van der Waals surface area (Å²) >= 11 is 5.89. The minimum atomic E-state index is -5.24. The zero-order valence-corrected chi connectivity index (χ0v) is 30.2. The number of hydrogen-bond donors (Lipinski definition) is 6. The summed E-state index contributed by atoms with van der Waals surface area (Å²) in [6.45, 7) is 0. The molecule has 54 heavy (non-hydrogen) atoms. The van der Waals surface area contributed by atoms with Crippen molar-refractivity contribution in [1.29, 1.82) is 0 Å². The van der Waals surface area contributed by atoms with Gasteiger partial charge < -0.3 is 10.6 Å². The van der Waals surface area contributed by atoms with Gasteiger partial charge in [0.25, 0.3) is 40.5 Å². The summed E-state index contributed by atoms with van der Waals surface area (Å²) in [5.74, 6) is -0.868. The smallest absolute Gasteiger partial charge is 0.315 e. The Morgan fingerprint density at radius 1 is 0.593 bits per heavy atom. The van der Waals surface area contributed by atoms with E-state index in [1.165, 1.54) is 24.3 Å². The second kappa shape index (κ2) is 13.8. The van der Waals surface area contributed by atoms with Crippen LogP contribution in [0.5, 0.6) is 0 Å².